The van der Waals surface area contributed by atoms with Crippen molar-refractivity contribution in [1.29, 1.82) is 0 Å². The van der Waals surface area contributed by atoms with E-state index in [0.717, 1.165) is 21.7 Å². The first-order valence-corrected chi connectivity index (χ1v) is 10.2. The zero-order valence-electron chi connectivity index (χ0n) is 15.7. The minimum Gasteiger partial charge on any atom is -0.497 e. The van der Waals surface area contributed by atoms with Crippen LogP contribution in [0, 0.1) is 0 Å². The van der Waals surface area contributed by atoms with Gasteiger partial charge in [0, 0.05) is 6.20 Å². The lowest BCUT2D eigenvalue weighted by atomic mass is 10.1. The standard InChI is InChI=1S/C22H18ClN3O2S/c1-28-17-10-8-15(9-11-17)13-20(27)26(14-16-5-2-3-12-24-16)22-25-21-18(23)6-4-7-19(21)29-22/h2-12H,13-14H2,1H3. The van der Waals surface area contributed by atoms with Crippen LogP contribution in [0.2, 0.25) is 5.02 Å². The lowest BCUT2D eigenvalue weighted by Gasteiger charge is -2.19. The van der Waals surface area contributed by atoms with E-state index in [1.54, 1.807) is 24.3 Å². The van der Waals surface area contributed by atoms with Gasteiger partial charge in [0.1, 0.15) is 11.3 Å². The highest BCUT2D eigenvalue weighted by molar-refractivity contribution is 7.22. The molecule has 0 spiro atoms. The highest BCUT2D eigenvalue weighted by Gasteiger charge is 2.21. The monoisotopic (exact) mass is 423 g/mol. The van der Waals surface area contributed by atoms with Crippen LogP contribution in [0.1, 0.15) is 11.3 Å². The summed E-state index contributed by atoms with van der Waals surface area (Å²) in [5.41, 5.74) is 2.40. The Bertz CT molecular complexity index is 1130. The fourth-order valence-electron chi connectivity index (χ4n) is 2.95. The van der Waals surface area contributed by atoms with E-state index in [0.29, 0.717) is 22.2 Å². The number of benzene rings is 2. The quantitative estimate of drug-likeness (QED) is 0.431. The maximum atomic E-state index is 13.2. The number of pyridine rings is 1. The summed E-state index contributed by atoms with van der Waals surface area (Å²) in [5, 5.41) is 1.18. The minimum absolute atomic E-state index is 0.0593. The maximum absolute atomic E-state index is 13.2. The van der Waals surface area contributed by atoms with Gasteiger partial charge in [-0.1, -0.05) is 47.2 Å². The van der Waals surface area contributed by atoms with Crippen molar-refractivity contribution in [3.05, 3.63) is 83.1 Å². The molecule has 146 valence electrons. The molecule has 5 nitrogen and oxygen atoms in total. The molecule has 0 aliphatic heterocycles. The molecular weight excluding hydrogens is 406 g/mol. The van der Waals surface area contributed by atoms with Crippen molar-refractivity contribution in [3.8, 4) is 5.75 Å². The Morgan fingerprint density at radius 3 is 2.62 bits per heavy atom. The van der Waals surface area contributed by atoms with Gasteiger partial charge in [0.15, 0.2) is 5.13 Å². The fraction of sp³-hybridized carbons (Fsp3) is 0.136. The van der Waals surface area contributed by atoms with E-state index in [2.05, 4.69) is 9.97 Å². The Hall–Kier alpha value is -2.96. The van der Waals surface area contributed by atoms with Gasteiger partial charge in [-0.05, 0) is 42.0 Å². The first-order valence-electron chi connectivity index (χ1n) is 9.02. The number of anilines is 1. The number of hydrogen-bond donors (Lipinski definition) is 0. The van der Waals surface area contributed by atoms with Crippen molar-refractivity contribution in [3.63, 3.8) is 0 Å². The first-order chi connectivity index (χ1) is 14.1. The van der Waals surface area contributed by atoms with Crippen molar-refractivity contribution >= 4 is 44.2 Å². The van der Waals surface area contributed by atoms with E-state index in [1.807, 2.05) is 54.6 Å². The summed E-state index contributed by atoms with van der Waals surface area (Å²) in [5.74, 6) is 0.698. The van der Waals surface area contributed by atoms with Crippen LogP contribution in [-0.4, -0.2) is 23.0 Å². The summed E-state index contributed by atoms with van der Waals surface area (Å²) in [6, 6.07) is 18.8. The number of methoxy groups -OCH3 is 1. The van der Waals surface area contributed by atoms with Crippen LogP contribution in [0.5, 0.6) is 5.75 Å². The van der Waals surface area contributed by atoms with Crippen LogP contribution in [0.4, 0.5) is 5.13 Å². The van der Waals surface area contributed by atoms with Gasteiger partial charge in [-0.3, -0.25) is 14.7 Å². The van der Waals surface area contributed by atoms with Crippen LogP contribution in [0.15, 0.2) is 66.9 Å². The van der Waals surface area contributed by atoms with E-state index >= 15 is 0 Å². The Morgan fingerprint density at radius 1 is 1.10 bits per heavy atom. The number of ether oxygens (including phenoxy) is 1. The molecule has 0 aliphatic carbocycles. The zero-order chi connectivity index (χ0) is 20.2. The molecule has 2 heterocycles. The number of fused-ring (bicyclic) bond motifs is 1. The second kappa shape index (κ2) is 8.59. The number of hydrogen-bond acceptors (Lipinski definition) is 5. The lowest BCUT2D eigenvalue weighted by Crippen LogP contribution is -2.32. The van der Waals surface area contributed by atoms with Gasteiger partial charge in [-0.2, -0.15) is 0 Å². The summed E-state index contributed by atoms with van der Waals surface area (Å²) in [7, 11) is 1.62. The SMILES string of the molecule is COc1ccc(CC(=O)N(Cc2ccccn2)c2nc3c(Cl)cccc3s2)cc1. The molecule has 0 unspecified atom stereocenters. The molecule has 4 rings (SSSR count). The molecule has 0 fully saturated rings. The Balaban J connectivity index is 1.66. The molecule has 29 heavy (non-hydrogen) atoms. The normalized spacial score (nSPS) is 10.8. The van der Waals surface area contributed by atoms with Gasteiger partial charge in [0.25, 0.3) is 0 Å². The number of aromatic nitrogens is 2. The summed E-state index contributed by atoms with van der Waals surface area (Å²) in [6.07, 6.45) is 1.97. The molecule has 0 saturated heterocycles. The smallest absolute Gasteiger partial charge is 0.233 e. The number of rotatable bonds is 6. The molecule has 2 aromatic heterocycles. The molecule has 0 atom stereocenters. The van der Waals surface area contributed by atoms with E-state index in [4.69, 9.17) is 16.3 Å². The fourth-order valence-corrected chi connectivity index (χ4v) is 4.23. The third-order valence-electron chi connectivity index (χ3n) is 4.45. The molecule has 4 aromatic rings. The molecule has 0 N–H and O–H groups in total. The van der Waals surface area contributed by atoms with Gasteiger partial charge in [-0.25, -0.2) is 4.98 Å². The Labute approximate surface area is 177 Å². The van der Waals surface area contributed by atoms with Crippen molar-refractivity contribution in [2.45, 2.75) is 13.0 Å². The molecule has 0 bridgehead atoms. The third kappa shape index (κ3) is 4.39. The Morgan fingerprint density at radius 2 is 1.93 bits per heavy atom. The average molecular weight is 424 g/mol. The Kier molecular flexibility index (Phi) is 5.74. The van der Waals surface area contributed by atoms with Gasteiger partial charge in [0.05, 0.1) is 35.5 Å². The van der Waals surface area contributed by atoms with E-state index in [1.165, 1.54) is 11.3 Å². The van der Waals surface area contributed by atoms with Crippen LogP contribution in [-0.2, 0) is 17.8 Å². The van der Waals surface area contributed by atoms with Crippen LogP contribution >= 0.6 is 22.9 Å². The minimum atomic E-state index is -0.0593. The molecular formula is C22H18ClN3O2S. The average Bonchev–Trinajstić information content (AvgIpc) is 3.18. The van der Waals surface area contributed by atoms with E-state index < -0.39 is 0 Å². The van der Waals surface area contributed by atoms with Crippen molar-refractivity contribution in [1.82, 2.24) is 9.97 Å². The van der Waals surface area contributed by atoms with Crippen LogP contribution < -0.4 is 9.64 Å². The largest absolute Gasteiger partial charge is 0.497 e. The number of para-hydroxylation sites is 1. The number of halogens is 1. The number of carbonyl (C=O) groups is 1. The van der Waals surface area contributed by atoms with Gasteiger partial charge < -0.3 is 4.74 Å². The van der Waals surface area contributed by atoms with Gasteiger partial charge >= 0.3 is 0 Å². The van der Waals surface area contributed by atoms with Gasteiger partial charge in [0.2, 0.25) is 5.91 Å². The molecule has 0 saturated carbocycles. The molecule has 1 amide bonds. The highest BCUT2D eigenvalue weighted by atomic mass is 35.5. The maximum Gasteiger partial charge on any atom is 0.233 e. The molecule has 0 aliphatic rings. The summed E-state index contributed by atoms with van der Waals surface area (Å²) in [4.78, 5) is 23.9. The molecule has 7 heteroatoms. The number of carbonyl (C=O) groups excluding carboxylic acids is 1. The van der Waals surface area contributed by atoms with E-state index in [-0.39, 0.29) is 12.3 Å². The first kappa shape index (κ1) is 19.4. The van der Waals surface area contributed by atoms with E-state index in [9.17, 15) is 4.79 Å². The van der Waals surface area contributed by atoms with Crippen LogP contribution in [0.3, 0.4) is 0 Å². The predicted molar refractivity (Wildman–Crippen MR) is 117 cm³/mol. The summed E-state index contributed by atoms with van der Waals surface area (Å²) in [6.45, 7) is 0.341. The topological polar surface area (TPSA) is 55.3 Å². The number of amides is 1. The summed E-state index contributed by atoms with van der Waals surface area (Å²) >= 11 is 7.74. The molecule has 2 aromatic carbocycles. The third-order valence-corrected chi connectivity index (χ3v) is 5.80. The molecule has 0 radical (unpaired) electrons. The van der Waals surface area contributed by atoms with Crippen LogP contribution in [0.25, 0.3) is 10.2 Å². The lowest BCUT2D eigenvalue weighted by molar-refractivity contribution is -0.118. The number of thiazole rings is 1. The second-order valence-corrected chi connectivity index (χ2v) is 7.83. The zero-order valence-corrected chi connectivity index (χ0v) is 17.3. The number of nitrogens with zero attached hydrogens (tertiary/aromatic N) is 3. The summed E-state index contributed by atoms with van der Waals surface area (Å²) < 4.78 is 6.13. The van der Waals surface area contributed by atoms with Gasteiger partial charge in [-0.15, -0.1) is 0 Å². The highest BCUT2D eigenvalue weighted by Crippen LogP contribution is 2.33. The predicted octanol–water partition coefficient (Wildman–Crippen LogP) is 5.13. The van der Waals surface area contributed by atoms with Crippen molar-refractivity contribution in [2.24, 2.45) is 0 Å². The second-order valence-electron chi connectivity index (χ2n) is 6.41. The van der Waals surface area contributed by atoms with Crippen molar-refractivity contribution < 1.29 is 9.53 Å². The van der Waals surface area contributed by atoms with Crippen molar-refractivity contribution in [2.75, 3.05) is 12.0 Å².